The van der Waals surface area contributed by atoms with Gasteiger partial charge in [-0.2, -0.15) is 5.10 Å². The molecule has 14 heavy (non-hydrogen) atoms. The van der Waals surface area contributed by atoms with E-state index in [2.05, 4.69) is 10.1 Å². The standard InChI is InChI=1S/C10H12N4/c11-4-10-6-13-14(8-10)7-9-2-1-3-12-5-9/h1-3,5-6,8H,4,7,11H2. The summed E-state index contributed by atoms with van der Waals surface area (Å²) in [6.45, 7) is 1.28. The van der Waals surface area contributed by atoms with Gasteiger partial charge in [-0.3, -0.25) is 9.67 Å². The molecule has 0 aliphatic heterocycles. The van der Waals surface area contributed by atoms with Crippen molar-refractivity contribution in [1.29, 1.82) is 0 Å². The molecule has 0 bridgehead atoms. The van der Waals surface area contributed by atoms with Crippen molar-refractivity contribution in [3.63, 3.8) is 0 Å². The molecular weight excluding hydrogens is 176 g/mol. The summed E-state index contributed by atoms with van der Waals surface area (Å²) in [6, 6.07) is 3.94. The number of hydrogen-bond donors (Lipinski definition) is 1. The first-order valence-corrected chi connectivity index (χ1v) is 4.49. The van der Waals surface area contributed by atoms with Crippen LogP contribution in [0.1, 0.15) is 11.1 Å². The van der Waals surface area contributed by atoms with Crippen LogP contribution in [0.4, 0.5) is 0 Å². The van der Waals surface area contributed by atoms with Crippen molar-refractivity contribution in [2.45, 2.75) is 13.1 Å². The zero-order valence-electron chi connectivity index (χ0n) is 7.80. The van der Waals surface area contributed by atoms with E-state index in [1.165, 1.54) is 0 Å². The minimum atomic E-state index is 0.535. The Hall–Kier alpha value is -1.68. The molecule has 0 saturated heterocycles. The van der Waals surface area contributed by atoms with Crippen LogP contribution in [0, 0.1) is 0 Å². The average Bonchev–Trinajstić information content (AvgIpc) is 2.67. The summed E-state index contributed by atoms with van der Waals surface area (Å²) in [7, 11) is 0. The first kappa shape index (κ1) is 8.90. The summed E-state index contributed by atoms with van der Waals surface area (Å²) in [5.41, 5.74) is 7.68. The van der Waals surface area contributed by atoms with Crippen LogP contribution in [0.15, 0.2) is 36.9 Å². The van der Waals surface area contributed by atoms with Crippen LogP contribution in [0.3, 0.4) is 0 Å². The molecule has 0 amide bonds. The molecule has 72 valence electrons. The molecule has 4 heteroatoms. The Morgan fingerprint density at radius 1 is 1.29 bits per heavy atom. The van der Waals surface area contributed by atoms with Crippen molar-refractivity contribution in [2.24, 2.45) is 5.73 Å². The average molecular weight is 188 g/mol. The highest BCUT2D eigenvalue weighted by atomic mass is 15.3. The molecule has 2 rings (SSSR count). The second-order valence-electron chi connectivity index (χ2n) is 3.11. The van der Waals surface area contributed by atoms with E-state index in [4.69, 9.17) is 5.73 Å². The second kappa shape index (κ2) is 4.02. The van der Waals surface area contributed by atoms with E-state index in [1.54, 1.807) is 12.4 Å². The molecule has 0 saturated carbocycles. The molecule has 0 spiro atoms. The molecule has 0 radical (unpaired) electrons. The Balaban J connectivity index is 2.11. The van der Waals surface area contributed by atoms with Gasteiger partial charge in [0.05, 0.1) is 12.7 Å². The van der Waals surface area contributed by atoms with E-state index < -0.39 is 0 Å². The lowest BCUT2D eigenvalue weighted by atomic mass is 10.3. The highest BCUT2D eigenvalue weighted by molar-refractivity contribution is 5.10. The zero-order chi connectivity index (χ0) is 9.80. The van der Waals surface area contributed by atoms with Gasteiger partial charge in [-0.05, 0) is 11.6 Å². The predicted octanol–water partition coefficient (Wildman–Crippen LogP) is 0.785. The van der Waals surface area contributed by atoms with Gasteiger partial charge in [-0.25, -0.2) is 0 Å². The van der Waals surface area contributed by atoms with Crippen LogP contribution >= 0.6 is 0 Å². The van der Waals surface area contributed by atoms with Crippen LogP contribution in [-0.2, 0) is 13.1 Å². The minimum Gasteiger partial charge on any atom is -0.326 e. The number of nitrogens with zero attached hydrogens (tertiary/aromatic N) is 3. The van der Waals surface area contributed by atoms with Crippen molar-refractivity contribution < 1.29 is 0 Å². The SMILES string of the molecule is NCc1cnn(Cc2cccnc2)c1. The Morgan fingerprint density at radius 3 is 2.86 bits per heavy atom. The molecule has 2 aromatic rings. The smallest absolute Gasteiger partial charge is 0.0674 e. The van der Waals surface area contributed by atoms with Gasteiger partial charge in [0.15, 0.2) is 0 Å². The molecule has 2 aromatic heterocycles. The Morgan fingerprint density at radius 2 is 2.21 bits per heavy atom. The fourth-order valence-corrected chi connectivity index (χ4v) is 1.28. The zero-order valence-corrected chi connectivity index (χ0v) is 7.80. The Labute approximate surface area is 82.4 Å². The molecule has 4 nitrogen and oxygen atoms in total. The third-order valence-electron chi connectivity index (χ3n) is 1.99. The van der Waals surface area contributed by atoms with Crippen LogP contribution < -0.4 is 5.73 Å². The topological polar surface area (TPSA) is 56.7 Å². The number of nitrogens with two attached hydrogens (primary N) is 1. The van der Waals surface area contributed by atoms with Crippen molar-refractivity contribution in [2.75, 3.05) is 0 Å². The van der Waals surface area contributed by atoms with Crippen LogP contribution in [0.2, 0.25) is 0 Å². The molecule has 0 aliphatic carbocycles. The molecule has 0 aromatic carbocycles. The van der Waals surface area contributed by atoms with Crippen LogP contribution in [-0.4, -0.2) is 14.8 Å². The van der Waals surface area contributed by atoms with Gasteiger partial charge in [-0.15, -0.1) is 0 Å². The summed E-state index contributed by atoms with van der Waals surface area (Å²) < 4.78 is 1.86. The maximum Gasteiger partial charge on any atom is 0.0674 e. The third kappa shape index (κ3) is 1.97. The van der Waals surface area contributed by atoms with Gasteiger partial charge in [0, 0.05) is 30.7 Å². The summed E-state index contributed by atoms with van der Waals surface area (Å²) in [6.07, 6.45) is 7.34. The minimum absolute atomic E-state index is 0.535. The van der Waals surface area contributed by atoms with Gasteiger partial charge in [-0.1, -0.05) is 6.07 Å². The fraction of sp³-hybridized carbons (Fsp3) is 0.200. The van der Waals surface area contributed by atoms with Crippen molar-refractivity contribution >= 4 is 0 Å². The maximum atomic E-state index is 5.49. The first-order valence-electron chi connectivity index (χ1n) is 4.49. The van der Waals surface area contributed by atoms with Gasteiger partial charge in [0.1, 0.15) is 0 Å². The maximum absolute atomic E-state index is 5.49. The lowest BCUT2D eigenvalue weighted by Gasteiger charge is -1.99. The number of rotatable bonds is 3. The van der Waals surface area contributed by atoms with Crippen molar-refractivity contribution in [3.05, 3.63) is 48.0 Å². The monoisotopic (exact) mass is 188 g/mol. The highest BCUT2D eigenvalue weighted by Crippen LogP contribution is 2.01. The van der Waals surface area contributed by atoms with E-state index in [0.717, 1.165) is 17.7 Å². The molecule has 0 atom stereocenters. The van der Waals surface area contributed by atoms with Gasteiger partial charge >= 0.3 is 0 Å². The van der Waals surface area contributed by atoms with E-state index in [9.17, 15) is 0 Å². The number of hydrogen-bond acceptors (Lipinski definition) is 3. The lowest BCUT2D eigenvalue weighted by molar-refractivity contribution is 0.684. The first-order chi connectivity index (χ1) is 6.88. The Bertz CT molecular complexity index is 394. The molecular formula is C10H12N4. The van der Waals surface area contributed by atoms with Gasteiger partial charge in [0.25, 0.3) is 0 Å². The fourth-order valence-electron chi connectivity index (χ4n) is 1.28. The van der Waals surface area contributed by atoms with E-state index >= 15 is 0 Å². The quantitative estimate of drug-likeness (QED) is 0.774. The van der Waals surface area contributed by atoms with Gasteiger partial charge in [0.2, 0.25) is 0 Å². The van der Waals surface area contributed by atoms with E-state index in [1.807, 2.05) is 29.2 Å². The molecule has 2 heterocycles. The number of pyridine rings is 1. The van der Waals surface area contributed by atoms with E-state index in [0.29, 0.717) is 6.54 Å². The molecule has 2 N–H and O–H groups in total. The summed E-state index contributed by atoms with van der Waals surface area (Å²) >= 11 is 0. The lowest BCUT2D eigenvalue weighted by Crippen LogP contribution is -2.00. The normalized spacial score (nSPS) is 10.4. The summed E-state index contributed by atoms with van der Waals surface area (Å²) in [5.74, 6) is 0. The van der Waals surface area contributed by atoms with Crippen molar-refractivity contribution in [1.82, 2.24) is 14.8 Å². The van der Waals surface area contributed by atoms with Crippen LogP contribution in [0.25, 0.3) is 0 Å². The van der Waals surface area contributed by atoms with Crippen molar-refractivity contribution in [3.8, 4) is 0 Å². The number of aromatic nitrogens is 3. The summed E-state index contributed by atoms with van der Waals surface area (Å²) in [4.78, 5) is 4.04. The third-order valence-corrected chi connectivity index (χ3v) is 1.99. The van der Waals surface area contributed by atoms with Gasteiger partial charge < -0.3 is 5.73 Å². The highest BCUT2D eigenvalue weighted by Gasteiger charge is 1.97. The van der Waals surface area contributed by atoms with Crippen LogP contribution in [0.5, 0.6) is 0 Å². The molecule has 0 aliphatic rings. The predicted molar refractivity (Wildman–Crippen MR) is 53.5 cm³/mol. The summed E-state index contributed by atoms with van der Waals surface area (Å²) in [5, 5.41) is 4.19. The second-order valence-corrected chi connectivity index (χ2v) is 3.11. The molecule has 0 fully saturated rings. The Kier molecular flexibility index (Phi) is 2.55. The largest absolute Gasteiger partial charge is 0.326 e. The molecule has 0 unspecified atom stereocenters. The van der Waals surface area contributed by atoms with E-state index in [-0.39, 0.29) is 0 Å².